The summed E-state index contributed by atoms with van der Waals surface area (Å²) in [5, 5.41) is 3.53. The van der Waals surface area contributed by atoms with E-state index < -0.39 is 0 Å². The highest BCUT2D eigenvalue weighted by Gasteiger charge is 2.15. The standard InChI is InChI=1S/C23H30N6O3/c1-31-12-8-25-21-20-18(26-23(24)27-21)7-11-29(22(20)30)15-17-6-5-16(13-19(17)32-2)14-28-9-3-4-10-28/h5-7,11,13H,3-4,8-10,12,14-15H2,1-2H3,(H3,24,25,26,27). The molecule has 170 valence electrons. The molecule has 0 amide bonds. The minimum absolute atomic E-state index is 0.116. The first-order valence-corrected chi connectivity index (χ1v) is 10.9. The molecule has 2 aromatic heterocycles. The number of hydrogen-bond donors (Lipinski definition) is 2. The molecule has 3 aromatic rings. The molecule has 0 unspecified atom stereocenters. The van der Waals surface area contributed by atoms with Crippen LogP contribution in [0.3, 0.4) is 0 Å². The van der Waals surface area contributed by atoms with Gasteiger partial charge in [-0.2, -0.15) is 4.98 Å². The molecule has 1 aliphatic rings. The highest BCUT2D eigenvalue weighted by molar-refractivity contribution is 5.89. The van der Waals surface area contributed by atoms with Crippen LogP contribution in [0.25, 0.3) is 10.9 Å². The number of nitrogens with zero attached hydrogens (tertiary/aromatic N) is 4. The molecule has 0 radical (unpaired) electrons. The van der Waals surface area contributed by atoms with E-state index in [2.05, 4.69) is 32.3 Å². The van der Waals surface area contributed by atoms with Crippen LogP contribution >= 0.6 is 0 Å². The average Bonchev–Trinajstić information content (AvgIpc) is 3.29. The van der Waals surface area contributed by atoms with E-state index in [1.54, 1.807) is 31.0 Å². The van der Waals surface area contributed by atoms with Gasteiger partial charge in [-0.25, -0.2) is 4.98 Å². The molecule has 3 N–H and O–H groups in total. The highest BCUT2D eigenvalue weighted by atomic mass is 16.5. The van der Waals surface area contributed by atoms with Gasteiger partial charge < -0.3 is 25.1 Å². The largest absolute Gasteiger partial charge is 0.496 e. The highest BCUT2D eigenvalue weighted by Crippen LogP contribution is 2.24. The van der Waals surface area contributed by atoms with Gasteiger partial charge in [-0.3, -0.25) is 9.69 Å². The zero-order valence-corrected chi connectivity index (χ0v) is 18.6. The molecule has 0 spiro atoms. The molecular weight excluding hydrogens is 408 g/mol. The summed E-state index contributed by atoms with van der Waals surface area (Å²) < 4.78 is 12.4. The summed E-state index contributed by atoms with van der Waals surface area (Å²) in [5.74, 6) is 1.31. The Morgan fingerprint density at radius 1 is 1.12 bits per heavy atom. The lowest BCUT2D eigenvalue weighted by atomic mass is 10.1. The minimum Gasteiger partial charge on any atom is -0.496 e. The number of hydrogen-bond acceptors (Lipinski definition) is 8. The fourth-order valence-corrected chi connectivity index (χ4v) is 4.12. The van der Waals surface area contributed by atoms with Crippen LogP contribution in [0.1, 0.15) is 24.0 Å². The van der Waals surface area contributed by atoms with Crippen molar-refractivity contribution in [3.05, 3.63) is 51.9 Å². The Kier molecular flexibility index (Phi) is 6.87. The van der Waals surface area contributed by atoms with Crippen molar-refractivity contribution in [2.75, 3.05) is 51.5 Å². The molecule has 1 aromatic carbocycles. The first-order chi connectivity index (χ1) is 15.6. The summed E-state index contributed by atoms with van der Waals surface area (Å²) in [6, 6.07) is 8.01. The maximum absolute atomic E-state index is 13.3. The van der Waals surface area contributed by atoms with Gasteiger partial charge >= 0.3 is 0 Å². The third kappa shape index (κ3) is 4.84. The van der Waals surface area contributed by atoms with E-state index in [9.17, 15) is 4.79 Å². The SMILES string of the molecule is COCCNc1nc(N)nc2ccn(Cc3ccc(CN4CCCC4)cc3OC)c(=O)c12. The molecule has 0 bridgehead atoms. The normalized spacial score (nSPS) is 14.2. The number of methoxy groups -OCH3 is 2. The predicted molar refractivity (Wildman–Crippen MR) is 125 cm³/mol. The number of ether oxygens (including phenoxy) is 2. The summed E-state index contributed by atoms with van der Waals surface area (Å²) in [7, 11) is 3.28. The van der Waals surface area contributed by atoms with Crippen LogP contribution in [0.2, 0.25) is 0 Å². The molecule has 4 rings (SSSR count). The lowest BCUT2D eigenvalue weighted by molar-refractivity contribution is 0.210. The van der Waals surface area contributed by atoms with Gasteiger partial charge in [0.1, 0.15) is 17.0 Å². The van der Waals surface area contributed by atoms with E-state index in [4.69, 9.17) is 15.2 Å². The molecule has 9 heteroatoms. The van der Waals surface area contributed by atoms with Gasteiger partial charge in [-0.05, 0) is 43.6 Å². The minimum atomic E-state index is -0.189. The molecule has 9 nitrogen and oxygen atoms in total. The molecular formula is C23H30N6O3. The van der Waals surface area contributed by atoms with Crippen LogP contribution in [0, 0.1) is 0 Å². The second kappa shape index (κ2) is 9.97. The van der Waals surface area contributed by atoms with E-state index in [1.807, 2.05) is 6.07 Å². The summed E-state index contributed by atoms with van der Waals surface area (Å²) in [4.78, 5) is 24.2. The Hall–Kier alpha value is -3.17. The third-order valence-corrected chi connectivity index (χ3v) is 5.74. The monoisotopic (exact) mass is 438 g/mol. The van der Waals surface area contributed by atoms with Crippen molar-refractivity contribution < 1.29 is 9.47 Å². The summed E-state index contributed by atoms with van der Waals surface area (Å²) >= 11 is 0. The van der Waals surface area contributed by atoms with Crippen molar-refractivity contribution in [1.82, 2.24) is 19.4 Å². The van der Waals surface area contributed by atoms with E-state index >= 15 is 0 Å². The maximum atomic E-state index is 13.3. The molecule has 0 saturated carbocycles. The lowest BCUT2D eigenvalue weighted by Crippen LogP contribution is -2.23. The Labute approximate surface area is 187 Å². The summed E-state index contributed by atoms with van der Waals surface area (Å²) in [6.07, 6.45) is 4.25. The van der Waals surface area contributed by atoms with Crippen molar-refractivity contribution in [2.45, 2.75) is 25.9 Å². The van der Waals surface area contributed by atoms with Crippen molar-refractivity contribution >= 4 is 22.7 Å². The number of pyridine rings is 1. The van der Waals surface area contributed by atoms with Crippen LogP contribution in [0.4, 0.5) is 11.8 Å². The van der Waals surface area contributed by atoms with Gasteiger partial charge in [0.15, 0.2) is 0 Å². The molecule has 0 atom stereocenters. The van der Waals surface area contributed by atoms with Gasteiger partial charge in [-0.1, -0.05) is 12.1 Å². The van der Waals surface area contributed by atoms with Crippen LogP contribution in [0.15, 0.2) is 35.3 Å². The number of nitrogen functional groups attached to an aromatic ring is 1. The van der Waals surface area contributed by atoms with Gasteiger partial charge in [0.25, 0.3) is 5.56 Å². The number of rotatable bonds is 9. The van der Waals surface area contributed by atoms with Gasteiger partial charge in [0, 0.05) is 32.0 Å². The second-order valence-corrected chi connectivity index (χ2v) is 7.99. The Morgan fingerprint density at radius 3 is 2.69 bits per heavy atom. The topological polar surface area (TPSA) is 108 Å². The summed E-state index contributed by atoms with van der Waals surface area (Å²) in [5.41, 5.74) is 8.29. The predicted octanol–water partition coefficient (Wildman–Crippen LogP) is 2.08. The molecule has 0 aliphatic carbocycles. The number of benzene rings is 1. The third-order valence-electron chi connectivity index (χ3n) is 5.74. The van der Waals surface area contributed by atoms with Crippen molar-refractivity contribution in [1.29, 1.82) is 0 Å². The van der Waals surface area contributed by atoms with Crippen molar-refractivity contribution in [3.8, 4) is 5.75 Å². The molecule has 1 saturated heterocycles. The number of nitrogens with two attached hydrogens (primary N) is 1. The van der Waals surface area contributed by atoms with Crippen LogP contribution < -0.4 is 21.3 Å². The van der Waals surface area contributed by atoms with E-state index in [-0.39, 0.29) is 11.5 Å². The Balaban J connectivity index is 1.63. The number of anilines is 2. The maximum Gasteiger partial charge on any atom is 0.264 e. The van der Waals surface area contributed by atoms with E-state index in [0.29, 0.717) is 36.4 Å². The number of fused-ring (bicyclic) bond motifs is 1. The number of likely N-dealkylation sites (tertiary alicyclic amines) is 1. The zero-order valence-electron chi connectivity index (χ0n) is 18.6. The zero-order chi connectivity index (χ0) is 22.5. The Morgan fingerprint density at radius 2 is 1.94 bits per heavy atom. The quantitative estimate of drug-likeness (QED) is 0.489. The second-order valence-electron chi connectivity index (χ2n) is 7.99. The van der Waals surface area contributed by atoms with Crippen LogP contribution in [0.5, 0.6) is 5.75 Å². The van der Waals surface area contributed by atoms with E-state index in [1.165, 1.54) is 18.4 Å². The fraction of sp³-hybridized carbons (Fsp3) is 0.435. The molecule has 1 fully saturated rings. The molecule has 32 heavy (non-hydrogen) atoms. The summed E-state index contributed by atoms with van der Waals surface area (Å²) in [6.45, 7) is 4.56. The molecule has 3 heterocycles. The number of nitrogens with one attached hydrogen (secondary N) is 1. The smallest absolute Gasteiger partial charge is 0.264 e. The van der Waals surface area contributed by atoms with Crippen LogP contribution in [-0.2, 0) is 17.8 Å². The lowest BCUT2D eigenvalue weighted by Gasteiger charge is -2.17. The number of aromatic nitrogens is 3. The van der Waals surface area contributed by atoms with Crippen LogP contribution in [-0.4, -0.2) is 59.9 Å². The van der Waals surface area contributed by atoms with Gasteiger partial charge in [-0.15, -0.1) is 0 Å². The van der Waals surface area contributed by atoms with E-state index in [0.717, 1.165) is 30.9 Å². The fourth-order valence-electron chi connectivity index (χ4n) is 4.12. The van der Waals surface area contributed by atoms with Crippen molar-refractivity contribution in [3.63, 3.8) is 0 Å². The van der Waals surface area contributed by atoms with Crippen molar-refractivity contribution in [2.24, 2.45) is 0 Å². The Bertz CT molecular complexity index is 1140. The first kappa shape index (κ1) is 22.0. The average molecular weight is 439 g/mol. The molecule has 1 aliphatic heterocycles. The van der Waals surface area contributed by atoms with Gasteiger partial charge in [0.2, 0.25) is 5.95 Å². The first-order valence-electron chi connectivity index (χ1n) is 10.9. The van der Waals surface area contributed by atoms with Gasteiger partial charge in [0.05, 0.1) is 25.8 Å².